The van der Waals surface area contributed by atoms with Crippen molar-refractivity contribution in [2.24, 2.45) is 4.99 Å². The number of nitrogens with one attached hydrogen (secondary N) is 2. The number of aromatic nitrogens is 1. The van der Waals surface area contributed by atoms with E-state index in [4.69, 9.17) is 9.47 Å². The minimum Gasteiger partial charge on any atom is -0.382 e. The predicted molar refractivity (Wildman–Crippen MR) is 103 cm³/mol. The van der Waals surface area contributed by atoms with E-state index in [0.717, 1.165) is 36.9 Å². The second kappa shape index (κ2) is 14.2. The number of ether oxygens (including phenoxy) is 2. The maximum atomic E-state index is 5.38. The van der Waals surface area contributed by atoms with E-state index >= 15 is 0 Å². The fraction of sp³-hybridized carbons (Fsp3) is 0.714. The quantitative estimate of drug-likeness (QED) is 0.250. The molecule has 0 saturated heterocycles. The van der Waals surface area contributed by atoms with Crippen molar-refractivity contribution in [1.82, 2.24) is 15.6 Å². The lowest BCUT2D eigenvalue weighted by molar-refractivity contribution is 0.0733. The zero-order valence-corrected chi connectivity index (χ0v) is 16.7. The first-order valence-corrected chi connectivity index (χ1v) is 8.06. The second-order valence-corrected chi connectivity index (χ2v) is 5.55. The second-order valence-electron chi connectivity index (χ2n) is 4.35. The van der Waals surface area contributed by atoms with Gasteiger partial charge in [0.1, 0.15) is 0 Å². The molecule has 0 saturated carbocycles. The summed E-state index contributed by atoms with van der Waals surface area (Å²) < 4.78 is 10.3. The number of hydrogen-bond donors (Lipinski definition) is 2. The van der Waals surface area contributed by atoms with Crippen LogP contribution in [0.5, 0.6) is 0 Å². The Hall–Kier alpha value is -0.450. The molecule has 22 heavy (non-hydrogen) atoms. The number of halogens is 1. The lowest BCUT2D eigenvalue weighted by Crippen LogP contribution is -2.39. The van der Waals surface area contributed by atoms with Crippen LogP contribution in [0.2, 0.25) is 0 Å². The van der Waals surface area contributed by atoms with Gasteiger partial charge in [-0.1, -0.05) is 6.92 Å². The molecule has 128 valence electrons. The predicted octanol–water partition coefficient (Wildman–Crippen LogP) is 1.69. The summed E-state index contributed by atoms with van der Waals surface area (Å²) in [6, 6.07) is 0. The molecule has 0 aliphatic rings. The molecule has 0 unspecified atom stereocenters. The van der Waals surface area contributed by atoms with Crippen LogP contribution >= 0.6 is 35.3 Å². The third-order valence-electron chi connectivity index (χ3n) is 2.78. The minimum absolute atomic E-state index is 0. The van der Waals surface area contributed by atoms with Crippen LogP contribution < -0.4 is 10.6 Å². The Balaban J connectivity index is 0.00000441. The van der Waals surface area contributed by atoms with Gasteiger partial charge in [-0.2, -0.15) is 0 Å². The minimum atomic E-state index is 0. The SMILES string of the molecule is CCc1cnc(CCNC(=NC)NCCOCCOC)s1.I. The van der Waals surface area contributed by atoms with Crippen LogP contribution in [0.3, 0.4) is 0 Å². The molecule has 0 aliphatic heterocycles. The molecule has 0 radical (unpaired) electrons. The summed E-state index contributed by atoms with van der Waals surface area (Å²) in [4.78, 5) is 9.91. The molecule has 0 aromatic carbocycles. The molecule has 1 rings (SSSR count). The van der Waals surface area contributed by atoms with Crippen LogP contribution in [0.15, 0.2) is 11.2 Å². The molecule has 2 N–H and O–H groups in total. The number of guanidine groups is 1. The number of aliphatic imine (C=N–C) groups is 1. The average Bonchev–Trinajstić information content (AvgIpc) is 2.97. The van der Waals surface area contributed by atoms with E-state index in [-0.39, 0.29) is 24.0 Å². The van der Waals surface area contributed by atoms with E-state index in [9.17, 15) is 0 Å². The summed E-state index contributed by atoms with van der Waals surface area (Å²) >= 11 is 1.78. The van der Waals surface area contributed by atoms with E-state index in [1.807, 2.05) is 6.20 Å². The highest BCUT2D eigenvalue weighted by Gasteiger charge is 2.01. The van der Waals surface area contributed by atoms with Crippen LogP contribution in [0.4, 0.5) is 0 Å². The van der Waals surface area contributed by atoms with E-state index in [2.05, 4.69) is 27.5 Å². The van der Waals surface area contributed by atoms with Gasteiger partial charge < -0.3 is 20.1 Å². The molecule has 6 nitrogen and oxygen atoms in total. The smallest absolute Gasteiger partial charge is 0.191 e. The summed E-state index contributed by atoms with van der Waals surface area (Å²) in [7, 11) is 3.43. The number of hydrogen-bond acceptors (Lipinski definition) is 5. The van der Waals surface area contributed by atoms with Gasteiger partial charge in [0, 0.05) is 44.7 Å². The molecular weight excluding hydrogens is 415 g/mol. The Bertz CT molecular complexity index is 415. The van der Waals surface area contributed by atoms with Crippen molar-refractivity contribution in [2.75, 3.05) is 47.1 Å². The Morgan fingerprint density at radius 2 is 2.05 bits per heavy atom. The Morgan fingerprint density at radius 1 is 1.27 bits per heavy atom. The van der Waals surface area contributed by atoms with Gasteiger partial charge in [0.2, 0.25) is 0 Å². The van der Waals surface area contributed by atoms with Crippen molar-refractivity contribution < 1.29 is 9.47 Å². The van der Waals surface area contributed by atoms with Crippen LogP contribution in [0.1, 0.15) is 16.8 Å². The molecule has 1 heterocycles. The van der Waals surface area contributed by atoms with Crippen molar-refractivity contribution >= 4 is 41.3 Å². The maximum Gasteiger partial charge on any atom is 0.191 e. The normalized spacial score (nSPS) is 11.1. The first-order valence-electron chi connectivity index (χ1n) is 7.25. The zero-order valence-electron chi connectivity index (χ0n) is 13.6. The highest BCUT2D eigenvalue weighted by Crippen LogP contribution is 2.13. The fourth-order valence-corrected chi connectivity index (χ4v) is 2.48. The summed E-state index contributed by atoms with van der Waals surface area (Å²) in [5.74, 6) is 0.789. The van der Waals surface area contributed by atoms with Gasteiger partial charge in [0.05, 0.1) is 24.8 Å². The van der Waals surface area contributed by atoms with Crippen molar-refractivity contribution in [3.8, 4) is 0 Å². The Kier molecular flexibility index (Phi) is 13.9. The van der Waals surface area contributed by atoms with E-state index in [1.54, 1.807) is 25.5 Å². The molecule has 0 bridgehead atoms. The van der Waals surface area contributed by atoms with Gasteiger partial charge in [-0.05, 0) is 6.42 Å². The lowest BCUT2D eigenvalue weighted by atomic mass is 10.4. The van der Waals surface area contributed by atoms with Crippen molar-refractivity contribution in [3.63, 3.8) is 0 Å². The Morgan fingerprint density at radius 3 is 2.68 bits per heavy atom. The van der Waals surface area contributed by atoms with Gasteiger partial charge >= 0.3 is 0 Å². The third-order valence-corrected chi connectivity index (χ3v) is 3.98. The van der Waals surface area contributed by atoms with Crippen LogP contribution in [-0.4, -0.2) is 58.0 Å². The summed E-state index contributed by atoms with van der Waals surface area (Å²) in [6.45, 7) is 5.57. The zero-order chi connectivity index (χ0) is 15.3. The average molecular weight is 442 g/mol. The first-order chi connectivity index (χ1) is 10.3. The maximum absolute atomic E-state index is 5.38. The van der Waals surface area contributed by atoms with Gasteiger partial charge in [-0.25, -0.2) is 4.98 Å². The third kappa shape index (κ3) is 9.54. The van der Waals surface area contributed by atoms with Crippen LogP contribution in [0.25, 0.3) is 0 Å². The van der Waals surface area contributed by atoms with Crippen LogP contribution in [0, 0.1) is 0 Å². The summed E-state index contributed by atoms with van der Waals surface area (Å²) in [5, 5.41) is 7.64. The molecule has 0 aliphatic carbocycles. The van der Waals surface area contributed by atoms with Crippen molar-refractivity contribution in [2.45, 2.75) is 19.8 Å². The van der Waals surface area contributed by atoms with Crippen molar-refractivity contribution in [1.29, 1.82) is 0 Å². The molecule has 0 atom stereocenters. The first kappa shape index (κ1) is 21.6. The number of methoxy groups -OCH3 is 1. The molecule has 0 amide bonds. The number of nitrogens with zero attached hydrogens (tertiary/aromatic N) is 2. The van der Waals surface area contributed by atoms with E-state index in [1.165, 1.54) is 4.88 Å². The number of thiazole rings is 1. The lowest BCUT2D eigenvalue weighted by Gasteiger charge is -2.11. The summed E-state index contributed by atoms with van der Waals surface area (Å²) in [5.41, 5.74) is 0. The molecule has 1 aromatic rings. The highest BCUT2D eigenvalue weighted by atomic mass is 127. The summed E-state index contributed by atoms with van der Waals surface area (Å²) in [6.07, 6.45) is 3.93. The largest absolute Gasteiger partial charge is 0.382 e. The Labute approximate surface area is 154 Å². The molecule has 8 heteroatoms. The van der Waals surface area contributed by atoms with E-state index in [0.29, 0.717) is 19.8 Å². The molecule has 1 aromatic heterocycles. The number of aryl methyl sites for hydroxylation is 1. The molecule has 0 spiro atoms. The monoisotopic (exact) mass is 442 g/mol. The van der Waals surface area contributed by atoms with Gasteiger partial charge in [-0.3, -0.25) is 4.99 Å². The van der Waals surface area contributed by atoms with E-state index < -0.39 is 0 Å². The molecular formula is C14H27IN4O2S. The van der Waals surface area contributed by atoms with Crippen LogP contribution in [-0.2, 0) is 22.3 Å². The van der Waals surface area contributed by atoms with Crippen molar-refractivity contribution in [3.05, 3.63) is 16.1 Å². The van der Waals surface area contributed by atoms with Gasteiger partial charge in [0.15, 0.2) is 5.96 Å². The van der Waals surface area contributed by atoms with Gasteiger partial charge in [0.25, 0.3) is 0 Å². The number of rotatable bonds is 10. The molecule has 0 fully saturated rings. The standard InChI is InChI=1S/C14H26N4O2S.HI/c1-4-12-11-18-13(21-12)5-6-16-14(15-2)17-7-8-20-10-9-19-3;/h11H,4-10H2,1-3H3,(H2,15,16,17);1H. The highest BCUT2D eigenvalue weighted by molar-refractivity contribution is 14.0. The fourth-order valence-electron chi connectivity index (χ4n) is 1.62. The van der Waals surface area contributed by atoms with Gasteiger partial charge in [-0.15, -0.1) is 35.3 Å². The topological polar surface area (TPSA) is 67.8 Å².